The van der Waals surface area contributed by atoms with E-state index in [1.165, 1.54) is 18.2 Å². The summed E-state index contributed by atoms with van der Waals surface area (Å²) in [6, 6.07) is 21.3. The van der Waals surface area contributed by atoms with E-state index in [2.05, 4.69) is 10.5 Å². The summed E-state index contributed by atoms with van der Waals surface area (Å²) in [7, 11) is 0. The fourth-order valence-electron chi connectivity index (χ4n) is 2.51. The molecule has 0 saturated heterocycles. The van der Waals surface area contributed by atoms with Crippen LogP contribution < -0.4 is 5.43 Å². The van der Waals surface area contributed by atoms with E-state index in [0.29, 0.717) is 16.8 Å². The van der Waals surface area contributed by atoms with Gasteiger partial charge in [-0.05, 0) is 42.3 Å². The molecule has 0 aromatic heterocycles. The number of hydrogen-bond donors (Lipinski definition) is 3. The molecule has 0 atom stereocenters. The molecule has 0 aliphatic rings. The van der Waals surface area contributed by atoms with Crippen molar-refractivity contribution in [1.29, 1.82) is 0 Å². The zero-order valence-electron chi connectivity index (χ0n) is 14.2. The summed E-state index contributed by atoms with van der Waals surface area (Å²) in [6.45, 7) is 1.67. The number of carbonyl (C=O) groups is 1. The second-order valence-corrected chi connectivity index (χ2v) is 5.82. The van der Waals surface area contributed by atoms with Gasteiger partial charge in [0, 0.05) is 17.2 Å². The molecular formula is C21H18N2O3. The van der Waals surface area contributed by atoms with Crippen molar-refractivity contribution >= 4 is 11.6 Å². The molecule has 0 unspecified atom stereocenters. The molecule has 0 aliphatic carbocycles. The van der Waals surface area contributed by atoms with E-state index in [-0.39, 0.29) is 17.4 Å². The molecule has 5 nitrogen and oxygen atoms in total. The number of phenolic OH excluding ortho intramolecular Hbond substituents is 2. The zero-order chi connectivity index (χ0) is 18.5. The highest BCUT2D eigenvalue weighted by Crippen LogP contribution is 2.21. The average Bonchev–Trinajstić information content (AvgIpc) is 2.66. The normalized spacial score (nSPS) is 11.2. The van der Waals surface area contributed by atoms with E-state index in [1.807, 2.05) is 42.5 Å². The highest BCUT2D eigenvalue weighted by molar-refractivity contribution is 6.01. The standard InChI is InChI=1S/C21H18N2O3/c1-14(18-11-19(24)13-20(25)12-18)22-23-21(26)17-9-7-16(8-10-17)15-5-3-2-4-6-15/h2-13,24-25H,1H3,(H,23,26)/b22-14+. The molecule has 0 radical (unpaired) electrons. The molecule has 0 aliphatic heterocycles. The number of rotatable bonds is 4. The molecule has 26 heavy (non-hydrogen) atoms. The average molecular weight is 346 g/mol. The van der Waals surface area contributed by atoms with Gasteiger partial charge in [0.1, 0.15) is 11.5 Å². The van der Waals surface area contributed by atoms with Gasteiger partial charge in [0.05, 0.1) is 5.71 Å². The highest BCUT2D eigenvalue weighted by Gasteiger charge is 2.07. The minimum absolute atomic E-state index is 0.0719. The molecule has 3 N–H and O–H groups in total. The Hall–Kier alpha value is -3.60. The third-order valence-corrected chi connectivity index (χ3v) is 3.90. The Morgan fingerprint density at radius 3 is 2.00 bits per heavy atom. The Labute approximate surface area is 151 Å². The van der Waals surface area contributed by atoms with Gasteiger partial charge >= 0.3 is 0 Å². The Morgan fingerprint density at radius 2 is 1.38 bits per heavy atom. The first-order chi connectivity index (χ1) is 12.5. The SMILES string of the molecule is C/C(=N\NC(=O)c1ccc(-c2ccccc2)cc1)c1cc(O)cc(O)c1. The van der Waals surface area contributed by atoms with Crippen LogP contribution in [0.25, 0.3) is 11.1 Å². The van der Waals surface area contributed by atoms with E-state index >= 15 is 0 Å². The second kappa shape index (κ2) is 7.53. The van der Waals surface area contributed by atoms with Crippen LogP contribution in [-0.2, 0) is 0 Å². The lowest BCUT2D eigenvalue weighted by molar-refractivity contribution is 0.0955. The van der Waals surface area contributed by atoms with Crippen molar-refractivity contribution in [3.05, 3.63) is 83.9 Å². The molecule has 3 aromatic carbocycles. The summed E-state index contributed by atoms with van der Waals surface area (Å²) in [4.78, 5) is 12.2. The maximum Gasteiger partial charge on any atom is 0.271 e. The van der Waals surface area contributed by atoms with E-state index in [0.717, 1.165) is 11.1 Å². The van der Waals surface area contributed by atoms with Crippen LogP contribution in [0.15, 0.2) is 77.9 Å². The van der Waals surface area contributed by atoms with Crippen LogP contribution in [-0.4, -0.2) is 21.8 Å². The number of phenols is 2. The van der Waals surface area contributed by atoms with E-state index in [4.69, 9.17) is 0 Å². The molecule has 0 bridgehead atoms. The van der Waals surface area contributed by atoms with Crippen LogP contribution in [0, 0.1) is 0 Å². The first kappa shape index (κ1) is 17.2. The smallest absolute Gasteiger partial charge is 0.271 e. The van der Waals surface area contributed by atoms with Crippen molar-refractivity contribution in [2.24, 2.45) is 5.10 Å². The molecule has 3 rings (SSSR count). The topological polar surface area (TPSA) is 81.9 Å². The molecule has 0 heterocycles. The molecule has 130 valence electrons. The van der Waals surface area contributed by atoms with E-state index in [1.54, 1.807) is 19.1 Å². The Kier molecular flexibility index (Phi) is 4.99. The van der Waals surface area contributed by atoms with Gasteiger partial charge in [-0.2, -0.15) is 5.10 Å². The number of carbonyl (C=O) groups excluding carboxylic acids is 1. The largest absolute Gasteiger partial charge is 0.508 e. The summed E-state index contributed by atoms with van der Waals surface area (Å²) in [5.41, 5.74) is 6.05. The van der Waals surface area contributed by atoms with Crippen molar-refractivity contribution in [2.45, 2.75) is 6.92 Å². The van der Waals surface area contributed by atoms with Crippen molar-refractivity contribution in [3.63, 3.8) is 0 Å². The molecule has 0 spiro atoms. The van der Waals surface area contributed by atoms with Gasteiger partial charge in [-0.3, -0.25) is 4.79 Å². The van der Waals surface area contributed by atoms with Crippen LogP contribution in [0.3, 0.4) is 0 Å². The van der Waals surface area contributed by atoms with Gasteiger partial charge in [0.15, 0.2) is 0 Å². The van der Waals surface area contributed by atoms with Gasteiger partial charge in [-0.25, -0.2) is 5.43 Å². The number of hydrogen-bond acceptors (Lipinski definition) is 4. The zero-order valence-corrected chi connectivity index (χ0v) is 14.2. The maximum atomic E-state index is 12.2. The summed E-state index contributed by atoms with van der Waals surface area (Å²) in [5.74, 6) is -0.483. The number of benzene rings is 3. The Bertz CT molecular complexity index is 929. The number of aromatic hydroxyl groups is 2. The van der Waals surface area contributed by atoms with Gasteiger partial charge in [0.25, 0.3) is 5.91 Å². The summed E-state index contributed by atoms with van der Waals surface area (Å²) in [6.07, 6.45) is 0. The number of nitrogens with zero attached hydrogens (tertiary/aromatic N) is 1. The van der Waals surface area contributed by atoms with Crippen LogP contribution in [0.2, 0.25) is 0 Å². The highest BCUT2D eigenvalue weighted by atomic mass is 16.3. The van der Waals surface area contributed by atoms with Crippen LogP contribution in [0.4, 0.5) is 0 Å². The number of amides is 1. The third-order valence-electron chi connectivity index (χ3n) is 3.90. The monoisotopic (exact) mass is 346 g/mol. The van der Waals surface area contributed by atoms with E-state index < -0.39 is 0 Å². The fraction of sp³-hybridized carbons (Fsp3) is 0.0476. The lowest BCUT2D eigenvalue weighted by Gasteiger charge is -2.06. The predicted molar refractivity (Wildman–Crippen MR) is 101 cm³/mol. The molecule has 5 heteroatoms. The van der Waals surface area contributed by atoms with Crippen molar-refractivity contribution in [2.75, 3.05) is 0 Å². The molecule has 0 saturated carbocycles. The number of hydrazone groups is 1. The van der Waals surface area contributed by atoms with Gasteiger partial charge in [0.2, 0.25) is 0 Å². The number of nitrogens with one attached hydrogen (secondary N) is 1. The second-order valence-electron chi connectivity index (χ2n) is 5.82. The quantitative estimate of drug-likeness (QED) is 0.495. The minimum atomic E-state index is -0.340. The first-order valence-electron chi connectivity index (χ1n) is 8.06. The van der Waals surface area contributed by atoms with Gasteiger partial charge in [-0.1, -0.05) is 42.5 Å². The van der Waals surface area contributed by atoms with Crippen LogP contribution in [0.5, 0.6) is 11.5 Å². The Balaban J connectivity index is 1.71. The molecular weight excluding hydrogens is 328 g/mol. The lowest BCUT2D eigenvalue weighted by Crippen LogP contribution is -2.19. The fourth-order valence-corrected chi connectivity index (χ4v) is 2.51. The maximum absolute atomic E-state index is 12.2. The minimum Gasteiger partial charge on any atom is -0.508 e. The van der Waals surface area contributed by atoms with Crippen molar-refractivity contribution in [3.8, 4) is 22.6 Å². The molecule has 0 fully saturated rings. The van der Waals surface area contributed by atoms with Crippen LogP contribution in [0.1, 0.15) is 22.8 Å². The van der Waals surface area contributed by atoms with Gasteiger partial charge < -0.3 is 10.2 Å². The lowest BCUT2D eigenvalue weighted by atomic mass is 10.0. The molecule has 1 amide bonds. The van der Waals surface area contributed by atoms with E-state index in [9.17, 15) is 15.0 Å². The third kappa shape index (κ3) is 4.08. The van der Waals surface area contributed by atoms with Gasteiger partial charge in [-0.15, -0.1) is 0 Å². The molecule has 3 aromatic rings. The predicted octanol–water partition coefficient (Wildman–Crippen LogP) is 3.92. The Morgan fingerprint density at radius 1 is 0.808 bits per heavy atom. The first-order valence-corrected chi connectivity index (χ1v) is 8.06. The summed E-state index contributed by atoms with van der Waals surface area (Å²) < 4.78 is 0. The van der Waals surface area contributed by atoms with Crippen molar-refractivity contribution < 1.29 is 15.0 Å². The summed E-state index contributed by atoms with van der Waals surface area (Å²) >= 11 is 0. The van der Waals surface area contributed by atoms with Crippen LogP contribution >= 0.6 is 0 Å². The summed E-state index contributed by atoms with van der Waals surface area (Å²) in [5, 5.41) is 23.1. The van der Waals surface area contributed by atoms with Crippen molar-refractivity contribution in [1.82, 2.24) is 5.43 Å².